The summed E-state index contributed by atoms with van der Waals surface area (Å²) < 4.78 is 5.53. The van der Waals surface area contributed by atoms with E-state index in [-0.39, 0.29) is 5.41 Å². The van der Waals surface area contributed by atoms with Crippen LogP contribution in [0.4, 0.5) is 0 Å². The van der Waals surface area contributed by atoms with E-state index in [9.17, 15) is 4.79 Å². The SMILES string of the molecule is O=C(O)CC1CCCC12CCCOC2. The first kappa shape index (κ1) is 9.97. The molecule has 0 aromatic carbocycles. The van der Waals surface area contributed by atoms with Crippen LogP contribution >= 0.6 is 0 Å². The van der Waals surface area contributed by atoms with Crippen molar-refractivity contribution in [3.8, 4) is 0 Å². The second-order valence-electron chi connectivity index (χ2n) is 4.71. The molecule has 1 heterocycles. The molecular weight excluding hydrogens is 180 g/mol. The molecule has 1 aliphatic heterocycles. The topological polar surface area (TPSA) is 46.5 Å². The van der Waals surface area contributed by atoms with Crippen molar-refractivity contribution in [1.29, 1.82) is 0 Å². The quantitative estimate of drug-likeness (QED) is 0.738. The minimum Gasteiger partial charge on any atom is -0.481 e. The minimum atomic E-state index is -0.651. The van der Waals surface area contributed by atoms with Gasteiger partial charge in [0.1, 0.15) is 0 Å². The molecule has 1 aliphatic carbocycles. The van der Waals surface area contributed by atoms with Crippen LogP contribution < -0.4 is 0 Å². The van der Waals surface area contributed by atoms with Crippen molar-refractivity contribution in [3.05, 3.63) is 0 Å². The van der Waals surface area contributed by atoms with Gasteiger partial charge in [-0.25, -0.2) is 0 Å². The van der Waals surface area contributed by atoms with Crippen LogP contribution in [-0.2, 0) is 9.53 Å². The molecule has 2 fully saturated rings. The number of hydrogen-bond donors (Lipinski definition) is 1. The van der Waals surface area contributed by atoms with Gasteiger partial charge in [-0.3, -0.25) is 4.79 Å². The Morgan fingerprint density at radius 2 is 2.21 bits per heavy atom. The molecule has 2 aliphatic rings. The Balaban J connectivity index is 2.03. The lowest BCUT2D eigenvalue weighted by Crippen LogP contribution is -2.36. The van der Waals surface area contributed by atoms with Crippen LogP contribution in [0.2, 0.25) is 0 Å². The van der Waals surface area contributed by atoms with Crippen molar-refractivity contribution in [2.45, 2.75) is 38.5 Å². The van der Waals surface area contributed by atoms with Crippen LogP contribution in [0.25, 0.3) is 0 Å². The largest absolute Gasteiger partial charge is 0.481 e. The predicted molar refractivity (Wildman–Crippen MR) is 52.1 cm³/mol. The van der Waals surface area contributed by atoms with Crippen molar-refractivity contribution in [2.24, 2.45) is 11.3 Å². The molecule has 0 aromatic rings. The van der Waals surface area contributed by atoms with Crippen LogP contribution in [0.3, 0.4) is 0 Å². The third-order valence-electron chi connectivity index (χ3n) is 3.87. The molecule has 2 atom stereocenters. The Hall–Kier alpha value is -0.570. The smallest absolute Gasteiger partial charge is 0.303 e. The van der Waals surface area contributed by atoms with Crippen molar-refractivity contribution < 1.29 is 14.6 Å². The standard InChI is InChI=1S/C11H18O3/c12-10(13)7-9-3-1-4-11(9)5-2-6-14-8-11/h9H,1-8H2,(H,12,13). The predicted octanol–water partition coefficient (Wildman–Crippen LogP) is 2.06. The van der Waals surface area contributed by atoms with Crippen LogP contribution in [-0.4, -0.2) is 24.3 Å². The Bertz CT molecular complexity index is 219. The van der Waals surface area contributed by atoms with Crippen LogP contribution in [0, 0.1) is 11.3 Å². The lowest BCUT2D eigenvalue weighted by molar-refractivity contribution is -0.140. The number of carbonyl (C=O) groups is 1. The number of rotatable bonds is 2. The van der Waals surface area contributed by atoms with E-state index in [0.717, 1.165) is 26.1 Å². The van der Waals surface area contributed by atoms with E-state index >= 15 is 0 Å². The second-order valence-corrected chi connectivity index (χ2v) is 4.71. The highest BCUT2D eigenvalue weighted by Crippen LogP contribution is 2.49. The fourth-order valence-electron chi connectivity index (χ4n) is 3.13. The fraction of sp³-hybridized carbons (Fsp3) is 0.909. The van der Waals surface area contributed by atoms with E-state index in [2.05, 4.69) is 0 Å². The summed E-state index contributed by atoms with van der Waals surface area (Å²) in [5, 5.41) is 8.85. The van der Waals surface area contributed by atoms with E-state index < -0.39 is 5.97 Å². The molecule has 3 heteroatoms. The van der Waals surface area contributed by atoms with E-state index in [1.807, 2.05) is 0 Å². The molecule has 2 unspecified atom stereocenters. The molecule has 0 amide bonds. The maximum absolute atomic E-state index is 10.7. The Morgan fingerprint density at radius 1 is 1.43 bits per heavy atom. The molecule has 3 nitrogen and oxygen atoms in total. The van der Waals surface area contributed by atoms with Gasteiger partial charge in [-0.05, 0) is 37.0 Å². The Labute approximate surface area is 84.4 Å². The summed E-state index contributed by atoms with van der Waals surface area (Å²) >= 11 is 0. The third-order valence-corrected chi connectivity index (χ3v) is 3.87. The second kappa shape index (κ2) is 3.89. The molecule has 80 valence electrons. The molecule has 0 aromatic heterocycles. The van der Waals surface area contributed by atoms with Gasteiger partial charge in [0.25, 0.3) is 0 Å². The molecule has 14 heavy (non-hydrogen) atoms. The number of carboxylic acid groups (broad SMARTS) is 1. The van der Waals surface area contributed by atoms with Crippen LogP contribution in [0.5, 0.6) is 0 Å². The van der Waals surface area contributed by atoms with Crippen molar-refractivity contribution in [2.75, 3.05) is 13.2 Å². The van der Waals surface area contributed by atoms with Crippen LogP contribution in [0.1, 0.15) is 38.5 Å². The fourth-order valence-corrected chi connectivity index (χ4v) is 3.13. The molecule has 2 rings (SSSR count). The summed E-state index contributed by atoms with van der Waals surface area (Å²) in [5.74, 6) is -0.290. The monoisotopic (exact) mass is 198 g/mol. The highest BCUT2D eigenvalue weighted by atomic mass is 16.5. The zero-order valence-corrected chi connectivity index (χ0v) is 8.50. The van der Waals surface area contributed by atoms with Crippen LogP contribution in [0.15, 0.2) is 0 Å². The van der Waals surface area contributed by atoms with Gasteiger partial charge in [0, 0.05) is 13.0 Å². The number of aliphatic carboxylic acids is 1. The van der Waals surface area contributed by atoms with Gasteiger partial charge in [-0.2, -0.15) is 0 Å². The van der Waals surface area contributed by atoms with Gasteiger partial charge in [-0.15, -0.1) is 0 Å². The Morgan fingerprint density at radius 3 is 2.86 bits per heavy atom. The highest BCUT2D eigenvalue weighted by molar-refractivity contribution is 5.67. The number of carboxylic acids is 1. The minimum absolute atomic E-state index is 0.219. The third kappa shape index (κ3) is 1.78. The average molecular weight is 198 g/mol. The van der Waals surface area contributed by atoms with Gasteiger partial charge in [0.15, 0.2) is 0 Å². The first-order chi connectivity index (χ1) is 6.73. The summed E-state index contributed by atoms with van der Waals surface area (Å²) in [7, 11) is 0. The molecular formula is C11H18O3. The maximum atomic E-state index is 10.7. The first-order valence-electron chi connectivity index (χ1n) is 5.52. The lowest BCUT2D eigenvalue weighted by atomic mass is 9.72. The van der Waals surface area contributed by atoms with Gasteiger partial charge in [0.2, 0.25) is 0 Å². The average Bonchev–Trinajstić information content (AvgIpc) is 2.50. The number of ether oxygens (including phenoxy) is 1. The van der Waals surface area contributed by atoms with Crippen molar-refractivity contribution >= 4 is 5.97 Å². The molecule has 1 saturated heterocycles. The van der Waals surface area contributed by atoms with Gasteiger partial charge < -0.3 is 9.84 Å². The summed E-state index contributed by atoms with van der Waals surface area (Å²) in [6.07, 6.45) is 6.05. The molecule has 0 bridgehead atoms. The molecule has 1 N–H and O–H groups in total. The van der Waals surface area contributed by atoms with Crippen molar-refractivity contribution in [1.82, 2.24) is 0 Å². The summed E-state index contributed by atoms with van der Waals surface area (Å²) in [6, 6.07) is 0. The normalized spacial score (nSPS) is 37.6. The summed E-state index contributed by atoms with van der Waals surface area (Å²) in [4.78, 5) is 10.7. The number of hydrogen-bond acceptors (Lipinski definition) is 2. The zero-order valence-electron chi connectivity index (χ0n) is 8.50. The molecule has 1 spiro atoms. The first-order valence-corrected chi connectivity index (χ1v) is 5.52. The maximum Gasteiger partial charge on any atom is 0.303 e. The van der Waals surface area contributed by atoms with E-state index in [0.29, 0.717) is 12.3 Å². The van der Waals surface area contributed by atoms with Gasteiger partial charge in [0.05, 0.1) is 6.61 Å². The van der Waals surface area contributed by atoms with Crippen molar-refractivity contribution in [3.63, 3.8) is 0 Å². The highest BCUT2D eigenvalue weighted by Gasteiger charge is 2.44. The Kier molecular flexibility index (Phi) is 2.77. The molecule has 1 saturated carbocycles. The molecule has 0 radical (unpaired) electrons. The van der Waals surface area contributed by atoms with E-state index in [4.69, 9.17) is 9.84 Å². The summed E-state index contributed by atoms with van der Waals surface area (Å²) in [6.45, 7) is 1.66. The van der Waals surface area contributed by atoms with E-state index in [1.54, 1.807) is 0 Å². The lowest BCUT2D eigenvalue weighted by Gasteiger charge is -2.38. The summed E-state index contributed by atoms with van der Waals surface area (Å²) in [5.41, 5.74) is 0.219. The van der Waals surface area contributed by atoms with Gasteiger partial charge >= 0.3 is 5.97 Å². The zero-order chi connectivity index (χ0) is 10.0. The van der Waals surface area contributed by atoms with Gasteiger partial charge in [-0.1, -0.05) is 6.42 Å². The van der Waals surface area contributed by atoms with E-state index in [1.165, 1.54) is 19.3 Å².